The van der Waals surface area contributed by atoms with Crippen molar-refractivity contribution in [1.29, 1.82) is 0 Å². The van der Waals surface area contributed by atoms with Crippen molar-refractivity contribution >= 4 is 68.0 Å². The number of halogens is 5. The van der Waals surface area contributed by atoms with Crippen LogP contribution in [0.1, 0.15) is 11.1 Å². The van der Waals surface area contributed by atoms with Crippen molar-refractivity contribution in [3.8, 4) is 0 Å². The van der Waals surface area contributed by atoms with Crippen molar-refractivity contribution in [2.24, 2.45) is 0 Å². The lowest BCUT2D eigenvalue weighted by Crippen LogP contribution is -2.21. The second-order valence-corrected chi connectivity index (χ2v) is 11.1. The molecular formula is C26H20Cl2F3N5O4S. The molecule has 5 rings (SSSR count). The standard InChI is InChI=1S/C24H19Cl2N5O2S.C2HF3O2/c25-17-4-2-6-20(13-17)34(32,33)31-22-10-9-19-12-16(22)8-7-15-3-1-5-18(11-15)29-24-27-14-21(26)23(28-19)30-24;3-2(4,5)1(6)7/h1-6,9-14,31H,7-8H2,(H2,27,28,29,30);(H,6,7). The van der Waals surface area contributed by atoms with E-state index < -0.39 is 22.2 Å². The molecule has 214 valence electrons. The lowest BCUT2D eigenvalue weighted by molar-refractivity contribution is -0.192. The van der Waals surface area contributed by atoms with Crippen LogP contribution in [0.2, 0.25) is 10.0 Å². The molecule has 0 unspecified atom stereocenters. The highest BCUT2D eigenvalue weighted by Gasteiger charge is 2.38. The number of anilines is 5. The Morgan fingerprint density at radius 1 is 0.951 bits per heavy atom. The Morgan fingerprint density at radius 3 is 2.37 bits per heavy atom. The molecule has 15 heteroatoms. The largest absolute Gasteiger partial charge is 0.490 e. The molecule has 0 saturated carbocycles. The van der Waals surface area contributed by atoms with E-state index in [9.17, 15) is 21.6 Å². The number of benzene rings is 3. The molecule has 41 heavy (non-hydrogen) atoms. The SMILES string of the molecule is O=C(O)C(F)(F)F.O=S(=O)(Nc1ccc2cc1CCc1cccc(c1)Nc1ncc(Cl)c(n1)N2)c1cccc(Cl)c1. The van der Waals surface area contributed by atoms with Crippen LogP contribution in [0.3, 0.4) is 0 Å². The van der Waals surface area contributed by atoms with Crippen LogP contribution in [0.15, 0.2) is 77.8 Å². The van der Waals surface area contributed by atoms with E-state index in [4.69, 9.17) is 33.1 Å². The van der Waals surface area contributed by atoms with Crippen LogP contribution in [-0.2, 0) is 27.7 Å². The van der Waals surface area contributed by atoms with Gasteiger partial charge in [-0.2, -0.15) is 18.2 Å². The Hall–Kier alpha value is -4.07. The summed E-state index contributed by atoms with van der Waals surface area (Å²) in [5.41, 5.74) is 3.96. The number of nitrogens with one attached hydrogen (secondary N) is 3. The van der Waals surface area contributed by atoms with Gasteiger partial charge in [0.1, 0.15) is 5.02 Å². The average molecular weight is 626 g/mol. The monoisotopic (exact) mass is 625 g/mol. The molecule has 0 saturated heterocycles. The molecule has 0 fully saturated rings. The highest BCUT2D eigenvalue weighted by Crippen LogP contribution is 2.30. The molecule has 1 aliphatic heterocycles. The third kappa shape index (κ3) is 7.99. The van der Waals surface area contributed by atoms with Crippen LogP contribution >= 0.6 is 23.2 Å². The van der Waals surface area contributed by atoms with Gasteiger partial charge in [-0.15, -0.1) is 0 Å². The summed E-state index contributed by atoms with van der Waals surface area (Å²) in [7, 11) is -3.82. The van der Waals surface area contributed by atoms with Crippen LogP contribution in [-0.4, -0.2) is 35.6 Å². The first-order valence-corrected chi connectivity index (χ1v) is 13.9. The van der Waals surface area contributed by atoms with Crippen LogP contribution in [0.4, 0.5) is 42.0 Å². The number of sulfonamides is 1. The molecule has 9 nitrogen and oxygen atoms in total. The minimum atomic E-state index is -5.08. The zero-order chi connectivity index (χ0) is 29.8. The van der Waals surface area contributed by atoms with Crippen LogP contribution in [0.5, 0.6) is 0 Å². The molecule has 3 aromatic carbocycles. The van der Waals surface area contributed by atoms with E-state index in [1.165, 1.54) is 18.3 Å². The smallest absolute Gasteiger partial charge is 0.475 e. The molecule has 0 spiro atoms. The summed E-state index contributed by atoms with van der Waals surface area (Å²) < 4.78 is 60.5. The van der Waals surface area contributed by atoms with Gasteiger partial charge >= 0.3 is 12.1 Å². The zero-order valence-corrected chi connectivity index (χ0v) is 23.0. The minimum Gasteiger partial charge on any atom is -0.475 e. The van der Waals surface area contributed by atoms with E-state index in [0.29, 0.717) is 40.3 Å². The fourth-order valence-electron chi connectivity index (χ4n) is 3.68. The molecule has 0 amide bonds. The number of hydrogen-bond donors (Lipinski definition) is 4. The van der Waals surface area contributed by atoms with E-state index in [0.717, 1.165) is 22.5 Å². The van der Waals surface area contributed by atoms with Crippen molar-refractivity contribution in [2.45, 2.75) is 23.9 Å². The Balaban J connectivity index is 0.000000493. The van der Waals surface area contributed by atoms with Crippen molar-refractivity contribution in [3.05, 3.63) is 94.1 Å². The van der Waals surface area contributed by atoms with Gasteiger partial charge in [0, 0.05) is 16.4 Å². The van der Waals surface area contributed by atoms with Gasteiger partial charge in [0.15, 0.2) is 5.82 Å². The predicted molar refractivity (Wildman–Crippen MR) is 150 cm³/mol. The Kier molecular flexibility index (Phi) is 8.90. The fourth-order valence-corrected chi connectivity index (χ4v) is 5.22. The summed E-state index contributed by atoms with van der Waals surface area (Å²) in [6.45, 7) is 0. The molecule has 1 aromatic heterocycles. The van der Waals surface area contributed by atoms with E-state index in [-0.39, 0.29) is 4.90 Å². The van der Waals surface area contributed by atoms with Crippen molar-refractivity contribution in [1.82, 2.24) is 9.97 Å². The van der Waals surface area contributed by atoms with E-state index in [2.05, 4.69) is 25.3 Å². The number of carboxylic acid groups (broad SMARTS) is 1. The van der Waals surface area contributed by atoms with E-state index in [1.54, 1.807) is 24.3 Å². The number of alkyl halides is 3. The molecule has 0 radical (unpaired) electrons. The molecule has 2 heterocycles. The fraction of sp³-hybridized carbons (Fsp3) is 0.115. The number of aromatic nitrogens is 2. The highest BCUT2D eigenvalue weighted by molar-refractivity contribution is 7.92. The Bertz CT molecular complexity index is 1710. The number of nitrogens with zero attached hydrogens (tertiary/aromatic N) is 2. The van der Waals surface area contributed by atoms with Crippen LogP contribution in [0.25, 0.3) is 0 Å². The zero-order valence-electron chi connectivity index (χ0n) is 20.7. The second kappa shape index (κ2) is 12.2. The van der Waals surface area contributed by atoms with Gasteiger partial charge < -0.3 is 15.7 Å². The first-order chi connectivity index (χ1) is 19.3. The number of rotatable bonds is 3. The Morgan fingerprint density at radius 2 is 1.66 bits per heavy atom. The first kappa shape index (κ1) is 29.9. The molecule has 6 bridgehead atoms. The summed E-state index contributed by atoms with van der Waals surface area (Å²) in [4.78, 5) is 17.7. The topological polar surface area (TPSA) is 133 Å². The number of fused-ring (bicyclic) bond motifs is 6. The summed E-state index contributed by atoms with van der Waals surface area (Å²) >= 11 is 12.3. The summed E-state index contributed by atoms with van der Waals surface area (Å²) in [5.74, 6) is -1.91. The maximum Gasteiger partial charge on any atom is 0.490 e. The molecule has 1 aliphatic rings. The maximum absolute atomic E-state index is 13.0. The predicted octanol–water partition coefficient (Wildman–Crippen LogP) is 6.80. The van der Waals surface area contributed by atoms with Gasteiger partial charge in [0.25, 0.3) is 10.0 Å². The molecular weight excluding hydrogens is 606 g/mol. The summed E-state index contributed by atoms with van der Waals surface area (Å²) in [6, 6.07) is 19.5. The lowest BCUT2D eigenvalue weighted by atomic mass is 10.0. The van der Waals surface area contributed by atoms with Gasteiger partial charge in [-0.25, -0.2) is 18.2 Å². The van der Waals surface area contributed by atoms with Crippen LogP contribution < -0.4 is 15.4 Å². The molecule has 4 N–H and O–H groups in total. The molecule has 0 aliphatic carbocycles. The number of carboxylic acids is 1. The van der Waals surface area contributed by atoms with Gasteiger partial charge in [0.2, 0.25) is 5.95 Å². The molecule has 4 aromatic rings. The number of aliphatic carboxylic acids is 1. The highest BCUT2D eigenvalue weighted by atomic mass is 35.5. The number of hydrogen-bond acceptors (Lipinski definition) is 7. The van der Waals surface area contributed by atoms with Crippen molar-refractivity contribution < 1.29 is 31.5 Å². The lowest BCUT2D eigenvalue weighted by Gasteiger charge is -2.15. The second-order valence-electron chi connectivity index (χ2n) is 8.58. The quantitative estimate of drug-likeness (QED) is 0.195. The third-order valence-corrected chi connectivity index (χ3v) is 7.45. The van der Waals surface area contributed by atoms with Crippen molar-refractivity contribution in [2.75, 3.05) is 15.4 Å². The van der Waals surface area contributed by atoms with Gasteiger partial charge in [0.05, 0.1) is 16.8 Å². The van der Waals surface area contributed by atoms with Gasteiger partial charge in [-0.05, 0) is 72.5 Å². The molecule has 0 atom stereocenters. The van der Waals surface area contributed by atoms with Gasteiger partial charge in [-0.1, -0.05) is 41.4 Å². The summed E-state index contributed by atoms with van der Waals surface area (Å²) in [6.07, 6.45) is -2.26. The maximum atomic E-state index is 13.0. The van der Waals surface area contributed by atoms with E-state index in [1.807, 2.05) is 30.3 Å². The van der Waals surface area contributed by atoms with Gasteiger partial charge in [-0.3, -0.25) is 4.72 Å². The normalized spacial score (nSPS) is 12.6. The Labute approximate surface area is 242 Å². The van der Waals surface area contributed by atoms with E-state index >= 15 is 0 Å². The summed E-state index contributed by atoms with van der Waals surface area (Å²) in [5, 5.41) is 14.2. The average Bonchev–Trinajstić information content (AvgIpc) is 2.90. The van der Waals surface area contributed by atoms with Crippen molar-refractivity contribution in [3.63, 3.8) is 0 Å². The van der Waals surface area contributed by atoms with Crippen LogP contribution in [0, 0.1) is 0 Å². The first-order valence-electron chi connectivity index (χ1n) is 11.7. The number of carbonyl (C=O) groups is 1. The minimum absolute atomic E-state index is 0.0955. The number of aryl methyl sites for hydroxylation is 2. The third-order valence-electron chi connectivity index (χ3n) is 5.57.